The number of amides is 2. The zero-order chi connectivity index (χ0) is 45.8. The largest absolute Gasteiger partial charge is 0.416 e. The molecule has 0 unspecified atom stereocenters. The number of alkyl halides is 6. The average Bonchev–Trinajstić information content (AvgIpc) is 3.22. The maximum absolute atomic E-state index is 13.2. The minimum Gasteiger partial charge on any atom is -0.340 e. The van der Waals surface area contributed by atoms with Gasteiger partial charge in [-0.3, -0.25) is 19.4 Å². The number of nitrogens with zero attached hydrogens (tertiary/aromatic N) is 4. The monoisotopic (exact) mass is 922 g/mol. The lowest BCUT2D eigenvalue weighted by Crippen LogP contribution is -2.52. The highest BCUT2D eigenvalue weighted by molar-refractivity contribution is 7.89. The van der Waals surface area contributed by atoms with Gasteiger partial charge in [-0.05, 0) is 133 Å². The SMILES string of the molecule is CC(C)N1CCN(C(=O)[C@H]2CC[C@H](NS(=O)(=O)c3ccc(C(F)(F)F)cc3)CC2)CC1.CC(C)N1CCN(C(=O)[C@H]2CC[C@H](c3cc(C(F)(F)F)ccc3S(N)(=O)=O)CC2)CC1. The van der Waals surface area contributed by atoms with Gasteiger partial charge < -0.3 is 9.80 Å². The van der Waals surface area contributed by atoms with Gasteiger partial charge in [0.25, 0.3) is 0 Å². The predicted molar refractivity (Wildman–Crippen MR) is 222 cm³/mol. The van der Waals surface area contributed by atoms with Gasteiger partial charge in [-0.2, -0.15) is 26.3 Å². The predicted octanol–water partition coefficient (Wildman–Crippen LogP) is 6.27. The number of carbonyl (C=O) groups is 2. The number of carbonyl (C=O) groups excluding carboxylic acids is 2. The second kappa shape index (κ2) is 20.3. The van der Waals surface area contributed by atoms with Gasteiger partial charge in [0.15, 0.2) is 0 Å². The molecule has 0 atom stereocenters. The van der Waals surface area contributed by atoms with Crippen LogP contribution in [0, 0.1) is 11.8 Å². The smallest absolute Gasteiger partial charge is 0.340 e. The summed E-state index contributed by atoms with van der Waals surface area (Å²) in [6, 6.07) is 6.64. The van der Waals surface area contributed by atoms with E-state index in [0.717, 1.165) is 81.7 Å². The third-order valence-electron chi connectivity index (χ3n) is 12.8. The minimum absolute atomic E-state index is 0.0950. The molecule has 2 heterocycles. The van der Waals surface area contributed by atoms with Crippen molar-refractivity contribution in [2.75, 3.05) is 52.4 Å². The lowest BCUT2D eigenvalue weighted by Gasteiger charge is -2.39. The molecule has 20 heteroatoms. The third-order valence-corrected chi connectivity index (χ3v) is 15.3. The van der Waals surface area contributed by atoms with Crippen molar-refractivity contribution in [2.45, 2.75) is 125 Å². The van der Waals surface area contributed by atoms with Crippen LogP contribution in [0.1, 0.15) is 102 Å². The number of sulfonamides is 2. The molecule has 3 N–H and O–H groups in total. The first-order valence-electron chi connectivity index (χ1n) is 21.3. The molecule has 12 nitrogen and oxygen atoms in total. The lowest BCUT2D eigenvalue weighted by molar-refractivity contribution is -0.139. The fraction of sp³-hybridized carbons (Fsp3) is 0.667. The summed E-state index contributed by atoms with van der Waals surface area (Å²) in [7, 11) is -8.06. The van der Waals surface area contributed by atoms with Gasteiger partial charge >= 0.3 is 12.4 Å². The van der Waals surface area contributed by atoms with E-state index < -0.39 is 43.5 Å². The molecule has 62 heavy (non-hydrogen) atoms. The van der Waals surface area contributed by atoms with Crippen LogP contribution in [-0.2, 0) is 42.0 Å². The van der Waals surface area contributed by atoms with Crippen molar-refractivity contribution < 1.29 is 52.8 Å². The Balaban J connectivity index is 0.000000234. The molecule has 2 saturated carbocycles. The van der Waals surface area contributed by atoms with Gasteiger partial charge in [0.2, 0.25) is 31.9 Å². The van der Waals surface area contributed by atoms with Crippen molar-refractivity contribution in [3.05, 3.63) is 59.2 Å². The van der Waals surface area contributed by atoms with Gasteiger partial charge in [-0.25, -0.2) is 26.7 Å². The number of primary sulfonamides is 1. The Morgan fingerprint density at radius 3 is 1.40 bits per heavy atom. The lowest BCUT2D eigenvalue weighted by atomic mass is 9.78. The summed E-state index contributed by atoms with van der Waals surface area (Å²) < 4.78 is 129. The van der Waals surface area contributed by atoms with Crippen LogP contribution >= 0.6 is 0 Å². The molecule has 0 spiro atoms. The van der Waals surface area contributed by atoms with Crippen molar-refractivity contribution >= 4 is 31.9 Å². The maximum Gasteiger partial charge on any atom is 0.416 e. The first-order chi connectivity index (χ1) is 28.8. The van der Waals surface area contributed by atoms with Crippen molar-refractivity contribution in [3.8, 4) is 0 Å². The quantitative estimate of drug-likeness (QED) is 0.279. The summed E-state index contributed by atoms with van der Waals surface area (Å²) in [5.74, 6) is -0.412. The first kappa shape index (κ1) is 49.7. The number of piperazine rings is 2. The first-order valence-corrected chi connectivity index (χ1v) is 24.4. The average molecular weight is 923 g/mol. The van der Waals surface area contributed by atoms with E-state index >= 15 is 0 Å². The molecule has 0 bridgehead atoms. The summed E-state index contributed by atoms with van der Waals surface area (Å²) in [5, 5.41) is 5.26. The Morgan fingerprint density at radius 1 is 0.613 bits per heavy atom. The summed E-state index contributed by atoms with van der Waals surface area (Å²) >= 11 is 0. The molecular weight excluding hydrogens is 863 g/mol. The zero-order valence-corrected chi connectivity index (χ0v) is 37.4. The van der Waals surface area contributed by atoms with Crippen LogP contribution in [0.5, 0.6) is 0 Å². The molecule has 4 aliphatic rings. The number of rotatable bonds is 9. The van der Waals surface area contributed by atoms with E-state index in [0.29, 0.717) is 76.5 Å². The van der Waals surface area contributed by atoms with Crippen molar-refractivity contribution in [1.29, 1.82) is 0 Å². The molecule has 6 rings (SSSR count). The second-order valence-electron chi connectivity index (χ2n) is 17.4. The van der Waals surface area contributed by atoms with Crippen LogP contribution in [-0.4, -0.2) is 119 Å². The summed E-state index contributed by atoms with van der Waals surface area (Å²) in [4.78, 5) is 33.8. The zero-order valence-electron chi connectivity index (χ0n) is 35.7. The Bertz CT molecular complexity index is 2050. The van der Waals surface area contributed by atoms with Gasteiger partial charge in [-0.15, -0.1) is 0 Å². The van der Waals surface area contributed by atoms with Gasteiger partial charge in [0.1, 0.15) is 0 Å². The fourth-order valence-corrected chi connectivity index (χ4v) is 11.1. The number of hydrogen-bond donors (Lipinski definition) is 2. The second-order valence-corrected chi connectivity index (χ2v) is 20.7. The molecule has 0 aromatic heterocycles. The minimum atomic E-state index is -4.57. The highest BCUT2D eigenvalue weighted by atomic mass is 32.2. The van der Waals surface area contributed by atoms with E-state index in [1.165, 1.54) is 0 Å². The molecule has 0 radical (unpaired) electrons. The maximum atomic E-state index is 13.2. The summed E-state index contributed by atoms with van der Waals surface area (Å²) in [5.41, 5.74) is -1.68. The number of halogens is 6. The van der Waals surface area contributed by atoms with Gasteiger partial charge in [0, 0.05) is 82.3 Å². The van der Waals surface area contributed by atoms with Crippen molar-refractivity contribution in [1.82, 2.24) is 24.3 Å². The highest BCUT2D eigenvalue weighted by Gasteiger charge is 2.37. The van der Waals surface area contributed by atoms with E-state index in [9.17, 15) is 52.8 Å². The Morgan fingerprint density at radius 2 is 1.02 bits per heavy atom. The molecule has 348 valence electrons. The van der Waals surface area contributed by atoms with E-state index in [1.54, 1.807) is 0 Å². The van der Waals surface area contributed by atoms with Crippen LogP contribution in [0.3, 0.4) is 0 Å². The van der Waals surface area contributed by atoms with E-state index in [1.807, 2.05) is 9.80 Å². The van der Waals surface area contributed by atoms with E-state index in [2.05, 4.69) is 42.2 Å². The molecule has 2 aliphatic heterocycles. The third kappa shape index (κ3) is 12.9. The summed E-state index contributed by atoms with van der Waals surface area (Å²) in [6.45, 7) is 14.7. The van der Waals surface area contributed by atoms with Crippen molar-refractivity contribution in [2.24, 2.45) is 17.0 Å². The summed E-state index contributed by atoms with van der Waals surface area (Å²) in [6.07, 6.45) is -4.88. The van der Waals surface area contributed by atoms with E-state index in [-0.39, 0.29) is 51.0 Å². The Kier molecular flexibility index (Phi) is 16.2. The normalized spacial score (nSPS) is 23.9. The van der Waals surface area contributed by atoms with Crippen LogP contribution in [0.25, 0.3) is 0 Å². The number of benzene rings is 2. The number of nitrogens with two attached hydrogens (primary N) is 1. The number of nitrogens with one attached hydrogen (secondary N) is 1. The standard InChI is InChI=1S/2C21H30F3N3O3S/c1-15(2)26-11-13-27(14-12-26)20(28)16-3-7-18(8-4-16)25-31(29,30)19-9-5-17(6-10-19)21(22,23)24;1-14(2)26-9-11-27(12-10-26)20(28)16-5-3-15(4-6-16)18-13-17(21(22,23)24)7-8-19(18)31(25,29)30/h5-6,9-10,15-16,18,25H,3-4,7-8,11-14H2,1-2H3;7-8,13-16H,3-6,9-12H2,1-2H3,(H2,25,29,30)/t16-,18-;15-,16-. The topological polar surface area (TPSA) is 153 Å². The van der Waals surface area contributed by atoms with Crippen molar-refractivity contribution in [3.63, 3.8) is 0 Å². The van der Waals surface area contributed by atoms with E-state index in [4.69, 9.17) is 5.14 Å². The van der Waals surface area contributed by atoms with Crippen LogP contribution in [0.2, 0.25) is 0 Å². The highest BCUT2D eigenvalue weighted by Crippen LogP contribution is 2.41. The molecule has 2 aliphatic carbocycles. The van der Waals surface area contributed by atoms with Gasteiger partial charge in [-0.1, -0.05) is 0 Å². The molecular formula is C42H60F6N6O6S2. The fourth-order valence-electron chi connectivity index (χ4n) is 8.96. The van der Waals surface area contributed by atoms with Gasteiger partial charge in [0.05, 0.1) is 20.9 Å². The molecule has 2 saturated heterocycles. The van der Waals surface area contributed by atoms with Crippen LogP contribution < -0.4 is 9.86 Å². The Labute approximate surface area is 361 Å². The molecule has 4 fully saturated rings. The van der Waals surface area contributed by atoms with Crippen LogP contribution in [0.15, 0.2) is 52.3 Å². The molecule has 2 aromatic carbocycles. The Hall–Kier alpha value is -3.30. The molecule has 2 aromatic rings. The van der Waals surface area contributed by atoms with Crippen LogP contribution in [0.4, 0.5) is 26.3 Å². The molecule has 2 amide bonds. The number of hydrogen-bond acceptors (Lipinski definition) is 8.